The summed E-state index contributed by atoms with van der Waals surface area (Å²) in [5.41, 5.74) is 5.03. The van der Waals surface area contributed by atoms with Gasteiger partial charge in [-0.3, -0.25) is 9.97 Å². The largest absolute Gasteiger partial charge is 0.252 e. The van der Waals surface area contributed by atoms with E-state index in [1.54, 1.807) is 0 Å². The highest BCUT2D eigenvalue weighted by atomic mass is 32.2. The van der Waals surface area contributed by atoms with E-state index in [4.69, 9.17) is 9.97 Å². The van der Waals surface area contributed by atoms with Crippen LogP contribution in [0.5, 0.6) is 0 Å². The molecule has 0 fully saturated rings. The van der Waals surface area contributed by atoms with Gasteiger partial charge in [0.2, 0.25) is 0 Å². The third kappa shape index (κ3) is 6.72. The van der Waals surface area contributed by atoms with Gasteiger partial charge in [-0.2, -0.15) is 70.6 Å². The van der Waals surface area contributed by atoms with Crippen LogP contribution in [0.4, 0.5) is 0 Å². The Hall–Kier alpha value is 1.18. The molecule has 134 valence electrons. The number of nitrogens with zero attached hydrogens (tertiary/aromatic N) is 2. The summed E-state index contributed by atoms with van der Waals surface area (Å²) >= 11 is 12.3. The Labute approximate surface area is 171 Å². The SMILES string of the molecule is C1CSCc2nc3c(nc2CSCCSCCSC3)CSCCS1. The van der Waals surface area contributed by atoms with E-state index >= 15 is 0 Å². The lowest BCUT2D eigenvalue weighted by atomic mass is 10.3. The molecule has 0 N–H and O–H groups in total. The highest BCUT2D eigenvalue weighted by Crippen LogP contribution is 2.27. The maximum atomic E-state index is 5.12. The Morgan fingerprint density at radius 2 is 0.625 bits per heavy atom. The van der Waals surface area contributed by atoms with Gasteiger partial charge in [-0.1, -0.05) is 0 Å². The van der Waals surface area contributed by atoms with E-state index in [9.17, 15) is 0 Å². The van der Waals surface area contributed by atoms with E-state index in [2.05, 4.69) is 23.5 Å². The minimum Gasteiger partial charge on any atom is -0.252 e. The fraction of sp³-hybridized carbons (Fsp3) is 0.750. The summed E-state index contributed by atoms with van der Waals surface area (Å²) in [4.78, 5) is 10.2. The molecule has 0 unspecified atom stereocenters. The quantitative estimate of drug-likeness (QED) is 0.566. The van der Waals surface area contributed by atoms with E-state index < -0.39 is 0 Å². The molecule has 0 saturated carbocycles. The maximum absolute atomic E-state index is 5.12. The van der Waals surface area contributed by atoms with Crippen molar-refractivity contribution < 1.29 is 0 Å². The van der Waals surface area contributed by atoms with Crippen LogP contribution in [0.2, 0.25) is 0 Å². The average Bonchev–Trinajstić information content (AvgIpc) is 2.65. The number of hydrogen-bond acceptors (Lipinski definition) is 8. The zero-order valence-corrected chi connectivity index (χ0v) is 18.7. The summed E-state index contributed by atoms with van der Waals surface area (Å²) in [6, 6.07) is 0. The molecule has 5 heterocycles. The molecular weight excluding hydrogens is 413 g/mol. The minimum atomic E-state index is 1.03. The molecule has 1 aromatic heterocycles. The molecule has 4 bridgehead atoms. The minimum absolute atomic E-state index is 1.03. The molecule has 4 aliphatic rings. The van der Waals surface area contributed by atoms with Gasteiger partial charge in [-0.15, -0.1) is 0 Å². The van der Waals surface area contributed by atoms with Gasteiger partial charge in [0.15, 0.2) is 0 Å². The van der Waals surface area contributed by atoms with Crippen LogP contribution in [0.3, 0.4) is 0 Å². The smallest absolute Gasteiger partial charge is 0.0730 e. The van der Waals surface area contributed by atoms with E-state index in [1.165, 1.54) is 68.8 Å². The standard InChI is InChI=1S/C16H24N2S6/c1-5-21-9-13-14-11-23-7-3-20-4-8-24-12-16(17-13)15(18-14)10-22-6-2-19-1/h1-12H2. The van der Waals surface area contributed by atoms with Crippen molar-refractivity contribution in [1.29, 1.82) is 0 Å². The molecule has 0 aliphatic carbocycles. The van der Waals surface area contributed by atoms with Crippen LogP contribution in [0.1, 0.15) is 22.8 Å². The van der Waals surface area contributed by atoms with Crippen molar-refractivity contribution in [3.63, 3.8) is 0 Å². The molecular formula is C16H24N2S6. The summed E-state index contributed by atoms with van der Waals surface area (Å²) in [7, 11) is 0. The Kier molecular flexibility index (Phi) is 9.80. The Balaban J connectivity index is 1.84. The van der Waals surface area contributed by atoms with Gasteiger partial charge in [0.05, 0.1) is 22.8 Å². The molecule has 0 radical (unpaired) electrons. The second-order valence-electron chi connectivity index (χ2n) is 5.45. The molecule has 0 amide bonds. The van der Waals surface area contributed by atoms with Crippen LogP contribution in [-0.4, -0.2) is 56.0 Å². The topological polar surface area (TPSA) is 25.8 Å². The number of fused-ring (bicyclic) bond motifs is 16. The van der Waals surface area contributed by atoms with Gasteiger partial charge in [-0.05, 0) is 0 Å². The number of aromatic nitrogens is 2. The normalized spacial score (nSPS) is 21.7. The predicted octanol–water partition coefficient (Wildman–Crippen LogP) is 4.90. The molecule has 5 rings (SSSR count). The monoisotopic (exact) mass is 436 g/mol. The summed E-state index contributed by atoms with van der Waals surface area (Å²) in [6.45, 7) is 0. The van der Waals surface area contributed by atoms with Gasteiger partial charge in [0, 0.05) is 69.0 Å². The third-order valence-corrected chi connectivity index (χ3v) is 10.5. The highest BCUT2D eigenvalue weighted by molar-refractivity contribution is 8.04. The first-order chi connectivity index (χ1) is 11.9. The fourth-order valence-electron chi connectivity index (χ4n) is 2.40. The summed E-state index contributed by atoms with van der Waals surface area (Å²) < 4.78 is 0. The second-order valence-corrected chi connectivity index (χ2v) is 12.3. The van der Waals surface area contributed by atoms with Gasteiger partial charge < -0.3 is 0 Å². The van der Waals surface area contributed by atoms with E-state index in [1.807, 2.05) is 47.0 Å². The van der Waals surface area contributed by atoms with Crippen LogP contribution in [0.25, 0.3) is 0 Å². The molecule has 0 aromatic carbocycles. The third-order valence-electron chi connectivity index (χ3n) is 3.65. The van der Waals surface area contributed by atoms with Crippen molar-refractivity contribution in [2.45, 2.75) is 23.0 Å². The molecule has 0 saturated heterocycles. The van der Waals surface area contributed by atoms with Gasteiger partial charge in [0.25, 0.3) is 0 Å². The molecule has 1 aromatic rings. The lowest BCUT2D eigenvalue weighted by Gasteiger charge is -2.14. The van der Waals surface area contributed by atoms with Crippen molar-refractivity contribution in [2.75, 3.05) is 46.0 Å². The molecule has 0 spiro atoms. The van der Waals surface area contributed by atoms with Crippen LogP contribution in [0, 0.1) is 0 Å². The van der Waals surface area contributed by atoms with E-state index in [0.29, 0.717) is 0 Å². The van der Waals surface area contributed by atoms with Crippen molar-refractivity contribution in [1.82, 2.24) is 9.97 Å². The first-order valence-corrected chi connectivity index (χ1v) is 15.2. The van der Waals surface area contributed by atoms with Crippen molar-refractivity contribution in [2.24, 2.45) is 0 Å². The van der Waals surface area contributed by atoms with Crippen LogP contribution < -0.4 is 0 Å². The van der Waals surface area contributed by atoms with E-state index in [0.717, 1.165) is 23.0 Å². The lowest BCUT2D eigenvalue weighted by molar-refractivity contribution is 0.929. The van der Waals surface area contributed by atoms with Crippen molar-refractivity contribution >= 4 is 70.6 Å². The van der Waals surface area contributed by atoms with Crippen molar-refractivity contribution in [3.8, 4) is 0 Å². The van der Waals surface area contributed by atoms with Gasteiger partial charge in [0.1, 0.15) is 0 Å². The molecule has 2 nitrogen and oxygen atoms in total. The first-order valence-electron chi connectivity index (χ1n) is 8.27. The van der Waals surface area contributed by atoms with Crippen LogP contribution in [-0.2, 0) is 23.0 Å². The Morgan fingerprint density at radius 3 is 0.917 bits per heavy atom. The summed E-state index contributed by atoms with van der Waals surface area (Å²) in [6.07, 6.45) is 0. The number of hydrogen-bond donors (Lipinski definition) is 0. The van der Waals surface area contributed by atoms with Crippen LogP contribution >= 0.6 is 70.6 Å². The van der Waals surface area contributed by atoms with Gasteiger partial charge >= 0.3 is 0 Å². The summed E-state index contributed by atoms with van der Waals surface area (Å²) in [5.74, 6) is 14.1. The van der Waals surface area contributed by atoms with Gasteiger partial charge in [-0.25, -0.2) is 0 Å². The zero-order valence-electron chi connectivity index (χ0n) is 13.8. The second kappa shape index (κ2) is 11.8. The lowest BCUT2D eigenvalue weighted by Crippen LogP contribution is -2.09. The Bertz CT molecular complexity index is 429. The van der Waals surface area contributed by atoms with E-state index in [-0.39, 0.29) is 0 Å². The maximum Gasteiger partial charge on any atom is 0.0730 e. The van der Waals surface area contributed by atoms with Crippen LogP contribution in [0.15, 0.2) is 0 Å². The zero-order chi connectivity index (χ0) is 16.5. The Morgan fingerprint density at radius 1 is 0.375 bits per heavy atom. The predicted molar refractivity (Wildman–Crippen MR) is 121 cm³/mol. The fourth-order valence-corrected chi connectivity index (χ4v) is 8.85. The summed E-state index contributed by atoms with van der Waals surface area (Å²) in [5, 5.41) is 0. The molecule has 4 aliphatic heterocycles. The molecule has 8 heteroatoms. The number of rotatable bonds is 0. The first kappa shape index (κ1) is 19.9. The number of thioether (sulfide) groups is 6. The van der Waals surface area contributed by atoms with Crippen molar-refractivity contribution in [3.05, 3.63) is 22.8 Å². The average molecular weight is 437 g/mol. The molecule has 24 heavy (non-hydrogen) atoms. The highest BCUT2D eigenvalue weighted by Gasteiger charge is 2.15. The molecule has 0 atom stereocenters.